The molecule has 2 unspecified atom stereocenters. The Morgan fingerprint density at radius 1 is 1.25 bits per heavy atom. The van der Waals surface area contributed by atoms with E-state index in [-0.39, 0.29) is 34.1 Å². The minimum atomic E-state index is -5.25. The number of ketones is 2. The molecule has 1 aromatic heterocycles. The summed E-state index contributed by atoms with van der Waals surface area (Å²) in [6.45, 7) is 5.05. The largest absolute Gasteiger partial charge is 1.00 e. The minimum absolute atomic E-state index is 0. The van der Waals surface area contributed by atoms with E-state index in [1.54, 1.807) is 4.98 Å². The first-order chi connectivity index (χ1) is 15.9. The molecule has 3 rings (SSSR count). The van der Waals surface area contributed by atoms with Crippen molar-refractivity contribution in [3.05, 3.63) is 57.0 Å². The lowest BCUT2D eigenvalue weighted by molar-refractivity contribution is -0.304. The number of aromatic nitrogens is 2. The molecule has 3 N–H and O–H groups in total. The maximum Gasteiger partial charge on any atom is 0.366 e. The summed E-state index contributed by atoms with van der Waals surface area (Å²) in [5.74, 6) is -12.7. The number of likely N-dealkylation sites (N-methyl/N-ethyl adjacent to an activating group) is 1. The van der Waals surface area contributed by atoms with Crippen molar-refractivity contribution in [1.82, 2.24) is 14.5 Å². The van der Waals surface area contributed by atoms with E-state index in [1.807, 2.05) is 0 Å². The van der Waals surface area contributed by atoms with Crippen molar-refractivity contribution in [3.63, 3.8) is 0 Å². The zero-order chi connectivity index (χ0) is 26.7. The Labute approximate surface area is 220 Å². The van der Waals surface area contributed by atoms with Gasteiger partial charge in [0.25, 0.3) is 5.56 Å². The second kappa shape index (κ2) is 9.49. The molecule has 0 radical (unpaired) electrons. The first-order valence-corrected chi connectivity index (χ1v) is 10.5. The molecule has 14 heteroatoms. The maximum absolute atomic E-state index is 16.2. The summed E-state index contributed by atoms with van der Waals surface area (Å²) in [6.07, 6.45) is 1.30. The SMILES string of the molecule is Cc1cn([C@]2(F)O[C@H](C(O)C(=O)C(C)(C)C)[C@](O)(C(=O)C3[C+]=CC=CN3C)C2(F)F)c(=O)[nH]c1=O.[I-]. The van der Waals surface area contributed by atoms with E-state index in [0.29, 0.717) is 6.20 Å². The molecule has 198 valence electrons. The van der Waals surface area contributed by atoms with Crippen LogP contribution in [0.5, 0.6) is 0 Å². The molecule has 10 nitrogen and oxygen atoms in total. The Hall–Kier alpha value is -2.39. The van der Waals surface area contributed by atoms with Crippen LogP contribution in [0.4, 0.5) is 13.2 Å². The number of allylic oxidation sites excluding steroid dienone is 2. The number of H-pyrrole nitrogens is 1. The lowest BCUT2D eigenvalue weighted by Gasteiger charge is -2.36. The van der Waals surface area contributed by atoms with Crippen molar-refractivity contribution in [2.75, 3.05) is 7.05 Å². The van der Waals surface area contributed by atoms with Crippen molar-refractivity contribution < 1.29 is 61.7 Å². The van der Waals surface area contributed by atoms with E-state index in [0.717, 1.165) is 11.8 Å². The quantitative estimate of drug-likeness (QED) is 0.231. The van der Waals surface area contributed by atoms with Gasteiger partial charge in [0.15, 0.2) is 11.9 Å². The number of nitrogens with one attached hydrogen (secondary N) is 1. The van der Waals surface area contributed by atoms with E-state index in [4.69, 9.17) is 4.74 Å². The first-order valence-electron chi connectivity index (χ1n) is 10.5. The zero-order valence-corrected chi connectivity index (χ0v) is 22.0. The third kappa shape index (κ3) is 4.24. The molecule has 1 fully saturated rings. The third-order valence-corrected chi connectivity index (χ3v) is 5.99. The number of halogens is 4. The van der Waals surface area contributed by atoms with Gasteiger partial charge in [-0.05, 0) is 6.92 Å². The Balaban J connectivity index is 0.00000456. The predicted molar refractivity (Wildman–Crippen MR) is 114 cm³/mol. The molecule has 0 aliphatic carbocycles. The molecule has 0 amide bonds. The minimum Gasteiger partial charge on any atom is -1.00 e. The van der Waals surface area contributed by atoms with Gasteiger partial charge in [0.05, 0.1) is 18.4 Å². The van der Waals surface area contributed by atoms with Gasteiger partial charge in [0.2, 0.25) is 17.4 Å². The summed E-state index contributed by atoms with van der Waals surface area (Å²) in [5.41, 5.74) is -8.60. The fraction of sp³-hybridized carbons (Fsp3) is 0.545. The maximum atomic E-state index is 16.2. The van der Waals surface area contributed by atoms with Crippen LogP contribution in [0.15, 0.2) is 34.1 Å². The van der Waals surface area contributed by atoms with Crippen LogP contribution in [0.2, 0.25) is 0 Å². The predicted octanol–water partition coefficient (Wildman–Crippen LogP) is -3.07. The van der Waals surface area contributed by atoms with Crippen LogP contribution >= 0.6 is 0 Å². The van der Waals surface area contributed by atoms with Gasteiger partial charge in [-0.15, -0.1) is 0 Å². The van der Waals surface area contributed by atoms with Crippen LogP contribution in [0.3, 0.4) is 0 Å². The molecule has 0 bridgehead atoms. The highest BCUT2D eigenvalue weighted by Gasteiger charge is 2.84. The second-order valence-electron chi connectivity index (χ2n) is 9.55. The number of hydrogen-bond donors (Lipinski definition) is 3. The van der Waals surface area contributed by atoms with Gasteiger partial charge in [0.1, 0.15) is 12.2 Å². The number of rotatable bonds is 5. The van der Waals surface area contributed by atoms with E-state index < -0.39 is 64.0 Å². The lowest BCUT2D eigenvalue weighted by atomic mass is 9.76. The molecule has 1 saturated heterocycles. The van der Waals surface area contributed by atoms with E-state index in [1.165, 1.54) is 46.2 Å². The molecule has 2 aliphatic rings. The molecular weight excluding hydrogens is 602 g/mol. The number of carbonyl (C=O) groups is 2. The van der Waals surface area contributed by atoms with Gasteiger partial charge in [-0.2, -0.15) is 13.2 Å². The van der Waals surface area contributed by atoms with Crippen LogP contribution in [-0.2, 0) is 20.3 Å². The zero-order valence-electron chi connectivity index (χ0n) is 19.9. The smallest absolute Gasteiger partial charge is 0.366 e. The molecular formula is C22H25F3IN3O7. The average Bonchev–Trinajstić information content (AvgIpc) is 2.93. The summed E-state index contributed by atoms with van der Waals surface area (Å²) in [5, 5.41) is 21.9. The van der Waals surface area contributed by atoms with Crippen molar-refractivity contribution in [1.29, 1.82) is 0 Å². The number of carbonyl (C=O) groups excluding carboxylic acids is 2. The Morgan fingerprint density at radius 3 is 2.36 bits per heavy atom. The molecule has 0 aromatic carbocycles. The molecule has 0 saturated carbocycles. The first kappa shape index (κ1) is 29.8. The highest BCUT2D eigenvalue weighted by Crippen LogP contribution is 2.56. The summed E-state index contributed by atoms with van der Waals surface area (Å²) < 4.78 is 52.5. The number of alkyl halides is 3. The molecule has 3 heterocycles. The molecule has 36 heavy (non-hydrogen) atoms. The Morgan fingerprint density at radius 2 is 1.83 bits per heavy atom. The van der Waals surface area contributed by atoms with Crippen LogP contribution < -0.4 is 35.2 Å². The highest BCUT2D eigenvalue weighted by molar-refractivity contribution is 5.97. The van der Waals surface area contributed by atoms with Crippen molar-refractivity contribution >= 4 is 11.6 Å². The summed E-state index contributed by atoms with van der Waals surface area (Å²) in [6, 6.07) is -1.68. The van der Waals surface area contributed by atoms with Crippen LogP contribution in [0.25, 0.3) is 0 Å². The normalized spacial score (nSPS) is 29.9. The van der Waals surface area contributed by atoms with Gasteiger partial charge in [-0.1, -0.05) is 20.8 Å². The fourth-order valence-electron chi connectivity index (χ4n) is 3.90. The standard InChI is InChI=1S/C22H24F3N3O7.HI/c1-11-10-28(18(33)26-17(11)32)22(25)21(23,24)20(34,14(30)12-8-6-7-9-27(12)5)16(35-22)13(29)15(31)19(2,3)4;/h6-7,9-10,12-13,16,29,34H,1-5H3;1H/t12?,13?,16-,20-,22+;/m1./s1. The Bertz CT molecular complexity index is 1240. The van der Waals surface area contributed by atoms with E-state index in [9.17, 15) is 29.4 Å². The lowest BCUT2D eigenvalue weighted by Crippen LogP contribution is -3.00. The number of aliphatic hydroxyl groups excluding tert-OH is 1. The van der Waals surface area contributed by atoms with Crippen LogP contribution in [0.1, 0.15) is 26.3 Å². The average molecular weight is 627 g/mol. The van der Waals surface area contributed by atoms with Crippen molar-refractivity contribution in [2.45, 2.75) is 63.4 Å². The third-order valence-electron chi connectivity index (χ3n) is 5.99. The molecule has 1 aromatic rings. The van der Waals surface area contributed by atoms with Gasteiger partial charge < -0.3 is 43.8 Å². The number of aryl methyl sites for hydroxylation is 1. The summed E-state index contributed by atoms with van der Waals surface area (Å²) in [7, 11) is 1.29. The molecule has 0 spiro atoms. The highest BCUT2D eigenvalue weighted by atomic mass is 127. The topological polar surface area (TPSA) is 142 Å². The number of hydrogen-bond acceptors (Lipinski definition) is 8. The van der Waals surface area contributed by atoms with Crippen molar-refractivity contribution in [2.24, 2.45) is 5.41 Å². The number of aliphatic hydroxyl groups is 2. The number of Topliss-reactive ketones (excluding diaryl/α,β-unsaturated/α-hetero) is 2. The number of aromatic amines is 1. The van der Waals surface area contributed by atoms with E-state index in [2.05, 4.69) is 6.08 Å². The number of ether oxygens (including phenoxy) is 1. The van der Waals surface area contributed by atoms with E-state index >= 15 is 13.2 Å². The number of nitrogens with zero attached hydrogens (tertiary/aromatic N) is 2. The molecule has 2 aliphatic heterocycles. The van der Waals surface area contributed by atoms with Gasteiger partial charge in [0, 0.05) is 24.2 Å². The van der Waals surface area contributed by atoms with Gasteiger partial charge in [-0.3, -0.25) is 19.4 Å². The van der Waals surface area contributed by atoms with Crippen LogP contribution in [-0.4, -0.2) is 73.1 Å². The monoisotopic (exact) mass is 627 g/mol. The van der Waals surface area contributed by atoms with Crippen molar-refractivity contribution in [3.8, 4) is 0 Å². The van der Waals surface area contributed by atoms with Gasteiger partial charge in [-0.25, -0.2) is 9.36 Å². The molecule has 5 atom stereocenters. The fourth-order valence-corrected chi connectivity index (χ4v) is 3.90. The second-order valence-corrected chi connectivity index (χ2v) is 9.55. The summed E-state index contributed by atoms with van der Waals surface area (Å²) in [4.78, 5) is 52.8. The summed E-state index contributed by atoms with van der Waals surface area (Å²) >= 11 is 0. The van der Waals surface area contributed by atoms with Crippen LogP contribution in [0, 0.1) is 18.4 Å². The Kier molecular flexibility index (Phi) is 7.86. The van der Waals surface area contributed by atoms with Gasteiger partial charge >= 0.3 is 17.6 Å².